The smallest absolute Gasteiger partial charge is 0.230 e. The number of nitrogens with zero attached hydrogens (tertiary/aromatic N) is 2. The van der Waals surface area contributed by atoms with Crippen molar-refractivity contribution in [3.63, 3.8) is 0 Å². The van der Waals surface area contributed by atoms with Gasteiger partial charge in [-0.3, -0.25) is 9.59 Å². The third-order valence-electron chi connectivity index (χ3n) is 4.87. The second-order valence-corrected chi connectivity index (χ2v) is 9.03. The maximum atomic E-state index is 12.3. The molecule has 0 spiro atoms. The standard InChI is InChI=1S/C21H26N4O3S/c1-12-9-16(26)19(28)15(25(12)5)10-22-17(27)11-29-20-23-14-8-6-7-13(18(14)24-20)21(2,3)4/h6-9,28H,10-11H2,1-5H3,(H,22,27)(H,23,24). The Bertz CT molecular complexity index is 1130. The molecule has 0 saturated carbocycles. The molecule has 2 aromatic heterocycles. The fourth-order valence-corrected chi connectivity index (χ4v) is 3.83. The normalized spacial score (nSPS) is 11.8. The molecule has 154 valence electrons. The lowest BCUT2D eigenvalue weighted by molar-refractivity contribution is -0.118. The van der Waals surface area contributed by atoms with E-state index in [2.05, 4.69) is 42.1 Å². The van der Waals surface area contributed by atoms with E-state index >= 15 is 0 Å². The highest BCUT2D eigenvalue weighted by Crippen LogP contribution is 2.30. The van der Waals surface area contributed by atoms with Crippen molar-refractivity contribution < 1.29 is 9.90 Å². The molecule has 3 aromatic rings. The van der Waals surface area contributed by atoms with Crippen molar-refractivity contribution in [2.45, 2.75) is 44.8 Å². The Hall–Kier alpha value is -2.74. The Labute approximate surface area is 173 Å². The Morgan fingerprint density at radius 1 is 1.34 bits per heavy atom. The van der Waals surface area contributed by atoms with E-state index in [0.717, 1.165) is 16.6 Å². The molecule has 0 aliphatic heterocycles. The third-order valence-corrected chi connectivity index (χ3v) is 5.75. The molecule has 0 fully saturated rings. The predicted molar refractivity (Wildman–Crippen MR) is 115 cm³/mol. The fourth-order valence-electron chi connectivity index (χ4n) is 3.12. The van der Waals surface area contributed by atoms with E-state index in [1.807, 2.05) is 12.1 Å². The van der Waals surface area contributed by atoms with E-state index in [1.165, 1.54) is 17.8 Å². The van der Waals surface area contributed by atoms with Gasteiger partial charge in [0.05, 0.1) is 29.0 Å². The lowest BCUT2D eigenvalue weighted by Crippen LogP contribution is -2.27. The second kappa shape index (κ2) is 7.94. The molecule has 7 nitrogen and oxygen atoms in total. The molecule has 0 bridgehead atoms. The number of fused-ring (bicyclic) bond motifs is 1. The number of aromatic amines is 1. The van der Waals surface area contributed by atoms with Crippen LogP contribution in [0.2, 0.25) is 0 Å². The number of carbonyl (C=O) groups is 1. The maximum absolute atomic E-state index is 12.3. The van der Waals surface area contributed by atoms with Crippen LogP contribution >= 0.6 is 11.8 Å². The minimum atomic E-state index is -0.448. The van der Waals surface area contributed by atoms with Crippen molar-refractivity contribution in [3.05, 3.63) is 51.4 Å². The Kier molecular flexibility index (Phi) is 5.75. The molecule has 1 amide bonds. The topological polar surface area (TPSA) is 100 Å². The number of hydrogen-bond acceptors (Lipinski definition) is 5. The molecule has 3 rings (SSSR count). The van der Waals surface area contributed by atoms with Crippen LogP contribution in [0.15, 0.2) is 34.2 Å². The summed E-state index contributed by atoms with van der Waals surface area (Å²) in [5, 5.41) is 13.4. The van der Waals surface area contributed by atoms with E-state index in [4.69, 9.17) is 0 Å². The average Bonchev–Trinajstić information content (AvgIpc) is 3.07. The number of pyridine rings is 1. The van der Waals surface area contributed by atoms with Gasteiger partial charge in [-0.1, -0.05) is 44.7 Å². The van der Waals surface area contributed by atoms with E-state index in [9.17, 15) is 14.7 Å². The van der Waals surface area contributed by atoms with Crippen LogP contribution in [0.25, 0.3) is 11.0 Å². The van der Waals surface area contributed by atoms with Gasteiger partial charge >= 0.3 is 0 Å². The zero-order chi connectivity index (χ0) is 21.3. The van der Waals surface area contributed by atoms with Crippen molar-refractivity contribution in [1.82, 2.24) is 19.9 Å². The van der Waals surface area contributed by atoms with Gasteiger partial charge in [0.2, 0.25) is 11.3 Å². The maximum Gasteiger partial charge on any atom is 0.230 e. The molecule has 0 atom stereocenters. The monoisotopic (exact) mass is 414 g/mol. The molecule has 1 aromatic carbocycles. The van der Waals surface area contributed by atoms with E-state index in [-0.39, 0.29) is 29.4 Å². The first-order valence-electron chi connectivity index (χ1n) is 9.35. The number of hydrogen-bond donors (Lipinski definition) is 3. The third kappa shape index (κ3) is 4.48. The average molecular weight is 415 g/mol. The molecule has 0 aliphatic carbocycles. The van der Waals surface area contributed by atoms with Crippen molar-refractivity contribution >= 4 is 28.7 Å². The number of rotatable bonds is 5. The van der Waals surface area contributed by atoms with Crippen LogP contribution in [-0.4, -0.2) is 31.3 Å². The molecule has 0 radical (unpaired) electrons. The zero-order valence-corrected chi connectivity index (χ0v) is 18.1. The van der Waals surface area contributed by atoms with Crippen LogP contribution in [0.5, 0.6) is 5.75 Å². The van der Waals surface area contributed by atoms with Gasteiger partial charge in [-0.2, -0.15) is 0 Å². The van der Waals surface area contributed by atoms with Gasteiger partial charge < -0.3 is 20.0 Å². The summed E-state index contributed by atoms with van der Waals surface area (Å²) >= 11 is 1.31. The molecule has 0 saturated heterocycles. The van der Waals surface area contributed by atoms with Gasteiger partial charge in [0.15, 0.2) is 10.9 Å². The molecule has 2 heterocycles. The number of carbonyl (C=O) groups excluding carboxylic acids is 1. The summed E-state index contributed by atoms with van der Waals surface area (Å²) in [5.74, 6) is -0.372. The highest BCUT2D eigenvalue weighted by Gasteiger charge is 2.19. The van der Waals surface area contributed by atoms with Crippen LogP contribution in [0, 0.1) is 6.92 Å². The molecule has 8 heteroatoms. The summed E-state index contributed by atoms with van der Waals surface area (Å²) in [6.07, 6.45) is 0. The van der Waals surface area contributed by atoms with Crippen LogP contribution in [0.1, 0.15) is 37.7 Å². The lowest BCUT2D eigenvalue weighted by atomic mass is 9.86. The number of nitrogens with one attached hydrogen (secondary N) is 2. The summed E-state index contributed by atoms with van der Waals surface area (Å²) in [6.45, 7) is 8.28. The highest BCUT2D eigenvalue weighted by molar-refractivity contribution is 7.99. The second-order valence-electron chi connectivity index (χ2n) is 8.06. The van der Waals surface area contributed by atoms with Crippen molar-refractivity contribution in [1.29, 1.82) is 0 Å². The number of aromatic nitrogens is 3. The predicted octanol–water partition coefficient (Wildman–Crippen LogP) is 2.98. The number of benzene rings is 1. The van der Waals surface area contributed by atoms with Gasteiger partial charge in [0.1, 0.15) is 0 Å². The molecule has 0 unspecified atom stereocenters. The zero-order valence-electron chi connectivity index (χ0n) is 17.3. The molecular formula is C21H26N4O3S. The van der Waals surface area contributed by atoms with E-state index in [1.54, 1.807) is 18.5 Å². The molecular weight excluding hydrogens is 388 g/mol. The first-order chi connectivity index (χ1) is 13.6. The summed E-state index contributed by atoms with van der Waals surface area (Å²) in [5.41, 5.74) is 3.63. The van der Waals surface area contributed by atoms with Crippen LogP contribution in [-0.2, 0) is 23.8 Å². The summed E-state index contributed by atoms with van der Waals surface area (Å²) in [7, 11) is 1.74. The minimum absolute atomic E-state index is 0.0280. The van der Waals surface area contributed by atoms with E-state index in [0.29, 0.717) is 16.5 Å². The SMILES string of the molecule is Cc1cc(=O)c(O)c(CNC(=O)CSc2nc3c(C(C)(C)C)cccc3[nH]2)n1C. The number of imidazole rings is 1. The number of aryl methyl sites for hydroxylation is 1. The molecule has 29 heavy (non-hydrogen) atoms. The summed E-state index contributed by atoms with van der Waals surface area (Å²) in [4.78, 5) is 32.0. The van der Waals surface area contributed by atoms with Crippen molar-refractivity contribution in [2.75, 3.05) is 5.75 Å². The van der Waals surface area contributed by atoms with Gasteiger partial charge in [0.25, 0.3) is 0 Å². The van der Waals surface area contributed by atoms with Gasteiger partial charge in [-0.25, -0.2) is 4.98 Å². The summed E-state index contributed by atoms with van der Waals surface area (Å²) in [6, 6.07) is 7.41. The lowest BCUT2D eigenvalue weighted by Gasteiger charge is -2.19. The van der Waals surface area contributed by atoms with Crippen LogP contribution < -0.4 is 10.7 Å². The van der Waals surface area contributed by atoms with Crippen LogP contribution in [0.3, 0.4) is 0 Å². The molecule has 3 N–H and O–H groups in total. The van der Waals surface area contributed by atoms with Crippen molar-refractivity contribution in [2.24, 2.45) is 7.05 Å². The van der Waals surface area contributed by atoms with Gasteiger partial charge in [-0.15, -0.1) is 0 Å². The number of aromatic hydroxyl groups is 1. The first-order valence-corrected chi connectivity index (χ1v) is 10.3. The number of amides is 1. The Balaban J connectivity index is 1.67. The largest absolute Gasteiger partial charge is 0.503 e. The van der Waals surface area contributed by atoms with E-state index < -0.39 is 5.43 Å². The Morgan fingerprint density at radius 3 is 2.76 bits per heavy atom. The number of para-hydroxylation sites is 1. The first kappa shape index (κ1) is 21.0. The van der Waals surface area contributed by atoms with Gasteiger partial charge in [-0.05, 0) is 24.0 Å². The Morgan fingerprint density at radius 2 is 2.07 bits per heavy atom. The number of thioether (sulfide) groups is 1. The van der Waals surface area contributed by atoms with Gasteiger partial charge in [0, 0.05) is 18.8 Å². The fraction of sp³-hybridized carbons (Fsp3) is 0.381. The van der Waals surface area contributed by atoms with Crippen LogP contribution in [0.4, 0.5) is 0 Å². The quantitative estimate of drug-likeness (QED) is 0.558. The minimum Gasteiger partial charge on any atom is -0.503 e. The summed E-state index contributed by atoms with van der Waals surface area (Å²) < 4.78 is 1.69. The molecule has 0 aliphatic rings. The number of H-pyrrole nitrogens is 1. The van der Waals surface area contributed by atoms with Crippen molar-refractivity contribution in [3.8, 4) is 5.75 Å². The highest BCUT2D eigenvalue weighted by atomic mass is 32.2.